The van der Waals surface area contributed by atoms with Crippen LogP contribution in [-0.2, 0) is 9.53 Å². The van der Waals surface area contributed by atoms with Crippen LogP contribution in [0.5, 0.6) is 0 Å². The molecule has 0 aliphatic rings. The fourth-order valence-electron chi connectivity index (χ4n) is 1.03. The molecule has 0 aromatic carbocycles. The van der Waals surface area contributed by atoms with Crippen LogP contribution in [0.25, 0.3) is 0 Å². The lowest BCUT2D eigenvalue weighted by molar-refractivity contribution is -0.645. The molecule has 0 amide bonds. The highest BCUT2D eigenvalue weighted by molar-refractivity contribution is 8.13. The molecule has 0 atom stereocenters. The first-order valence-corrected chi connectivity index (χ1v) is 5.45. The Morgan fingerprint density at radius 2 is 2.19 bits per heavy atom. The number of rotatable bonds is 3. The Hall–Kier alpha value is -1.56. The number of hydrogen-bond donors (Lipinski definition) is 0. The van der Waals surface area contributed by atoms with Crippen LogP contribution in [0, 0.1) is 5.21 Å². The predicted molar refractivity (Wildman–Crippen MR) is 57.9 cm³/mol. The quantitative estimate of drug-likeness (QED) is 0.343. The van der Waals surface area contributed by atoms with Gasteiger partial charge in [-0.25, -0.2) is 4.79 Å². The standard InChI is InChI=1S/C10H11NO4S/c1-3-15-10(13)8-4-5-9(11(14)6-8)16-7(2)12/h4-6H,3H2,1-2H3. The lowest BCUT2D eigenvalue weighted by Crippen LogP contribution is -2.30. The lowest BCUT2D eigenvalue weighted by atomic mass is 10.3. The van der Waals surface area contributed by atoms with E-state index in [1.807, 2.05) is 0 Å². The topological polar surface area (TPSA) is 70.3 Å². The summed E-state index contributed by atoms with van der Waals surface area (Å²) in [5.41, 5.74) is 0.171. The lowest BCUT2D eigenvalue weighted by Gasteiger charge is -2.04. The summed E-state index contributed by atoms with van der Waals surface area (Å²) in [7, 11) is 0. The van der Waals surface area contributed by atoms with Gasteiger partial charge in [-0.2, -0.15) is 4.73 Å². The molecule has 1 aromatic rings. The summed E-state index contributed by atoms with van der Waals surface area (Å²) in [5.74, 6) is -0.550. The Bertz CT molecular complexity index is 419. The second-order valence-corrected chi connectivity index (χ2v) is 4.09. The van der Waals surface area contributed by atoms with E-state index in [1.165, 1.54) is 19.1 Å². The van der Waals surface area contributed by atoms with Crippen molar-refractivity contribution in [2.75, 3.05) is 6.61 Å². The summed E-state index contributed by atoms with van der Waals surface area (Å²) in [4.78, 5) is 22.1. The maximum Gasteiger partial charge on any atom is 0.344 e. The molecule has 0 aliphatic carbocycles. The Kier molecular flexibility index (Phi) is 4.30. The van der Waals surface area contributed by atoms with Gasteiger partial charge in [0.15, 0.2) is 11.3 Å². The van der Waals surface area contributed by atoms with Crippen LogP contribution < -0.4 is 4.73 Å². The van der Waals surface area contributed by atoms with Gasteiger partial charge >= 0.3 is 5.97 Å². The molecule has 1 rings (SSSR count). The van der Waals surface area contributed by atoms with Crippen LogP contribution in [0.4, 0.5) is 0 Å². The van der Waals surface area contributed by atoms with Crippen molar-refractivity contribution in [1.82, 2.24) is 0 Å². The van der Waals surface area contributed by atoms with Crippen LogP contribution in [0.1, 0.15) is 24.2 Å². The first kappa shape index (κ1) is 12.5. The molecule has 86 valence electrons. The van der Waals surface area contributed by atoms with E-state index >= 15 is 0 Å². The number of carbonyl (C=O) groups is 2. The van der Waals surface area contributed by atoms with Gasteiger partial charge in [-0.1, -0.05) is 0 Å². The number of nitrogens with zero attached hydrogens (tertiary/aromatic N) is 1. The van der Waals surface area contributed by atoms with Crippen molar-refractivity contribution >= 4 is 22.8 Å². The third-order valence-corrected chi connectivity index (χ3v) is 2.45. The van der Waals surface area contributed by atoms with Crippen LogP contribution in [-0.4, -0.2) is 17.7 Å². The molecular formula is C10H11NO4S. The third kappa shape index (κ3) is 3.23. The summed E-state index contributed by atoms with van der Waals surface area (Å²) in [6.07, 6.45) is 1.10. The summed E-state index contributed by atoms with van der Waals surface area (Å²) in [6, 6.07) is 2.88. The molecule has 0 aliphatic heterocycles. The number of aromatic nitrogens is 1. The van der Waals surface area contributed by atoms with Gasteiger partial charge < -0.3 is 9.94 Å². The minimum atomic E-state index is -0.550. The molecule has 0 fully saturated rings. The molecule has 0 radical (unpaired) electrons. The average Bonchev–Trinajstić information content (AvgIpc) is 2.20. The highest BCUT2D eigenvalue weighted by atomic mass is 32.2. The van der Waals surface area contributed by atoms with Crippen LogP contribution in [0.3, 0.4) is 0 Å². The zero-order valence-electron chi connectivity index (χ0n) is 8.93. The maximum atomic E-state index is 11.4. The van der Waals surface area contributed by atoms with Gasteiger partial charge in [-0.05, 0) is 13.0 Å². The molecular weight excluding hydrogens is 230 g/mol. The smallest absolute Gasteiger partial charge is 0.344 e. The fraction of sp³-hybridized carbons (Fsp3) is 0.300. The highest BCUT2D eigenvalue weighted by Crippen LogP contribution is 2.14. The molecule has 0 N–H and O–H groups in total. The van der Waals surface area contributed by atoms with E-state index < -0.39 is 5.97 Å². The van der Waals surface area contributed by atoms with Crippen LogP contribution >= 0.6 is 11.8 Å². The molecule has 16 heavy (non-hydrogen) atoms. The molecule has 0 saturated heterocycles. The van der Waals surface area contributed by atoms with Crippen LogP contribution in [0.15, 0.2) is 23.4 Å². The second kappa shape index (κ2) is 5.50. The van der Waals surface area contributed by atoms with Crippen molar-refractivity contribution in [2.45, 2.75) is 18.9 Å². The van der Waals surface area contributed by atoms with E-state index in [4.69, 9.17) is 4.74 Å². The first-order chi connectivity index (χ1) is 7.54. The first-order valence-electron chi connectivity index (χ1n) is 4.63. The monoisotopic (exact) mass is 241 g/mol. The zero-order chi connectivity index (χ0) is 12.1. The summed E-state index contributed by atoms with van der Waals surface area (Å²) >= 11 is 0.818. The van der Waals surface area contributed by atoms with Gasteiger partial charge in [0.25, 0.3) is 5.03 Å². The molecule has 0 spiro atoms. The minimum Gasteiger partial charge on any atom is -0.618 e. The highest BCUT2D eigenvalue weighted by Gasteiger charge is 2.14. The number of thioether (sulfide) groups is 1. The third-order valence-electron chi connectivity index (χ3n) is 1.64. The van der Waals surface area contributed by atoms with E-state index in [9.17, 15) is 14.8 Å². The average molecular weight is 241 g/mol. The van der Waals surface area contributed by atoms with Gasteiger partial charge in [0, 0.05) is 24.8 Å². The normalized spacial score (nSPS) is 9.88. The number of carbonyl (C=O) groups excluding carboxylic acids is 2. The molecule has 0 bridgehead atoms. The molecule has 5 nitrogen and oxygen atoms in total. The number of hydrogen-bond acceptors (Lipinski definition) is 5. The number of ether oxygens (including phenoxy) is 1. The zero-order valence-corrected chi connectivity index (χ0v) is 9.74. The Balaban J connectivity index is 2.90. The number of esters is 1. The van der Waals surface area contributed by atoms with Gasteiger partial charge in [-0.15, -0.1) is 0 Å². The fourth-order valence-corrected chi connectivity index (χ4v) is 1.60. The van der Waals surface area contributed by atoms with E-state index in [0.717, 1.165) is 18.0 Å². The molecule has 6 heteroatoms. The van der Waals surface area contributed by atoms with Crippen molar-refractivity contribution < 1.29 is 19.1 Å². The van der Waals surface area contributed by atoms with Gasteiger partial charge in [0.1, 0.15) is 5.56 Å². The Morgan fingerprint density at radius 3 is 2.69 bits per heavy atom. The molecule has 1 heterocycles. The van der Waals surface area contributed by atoms with Crippen molar-refractivity contribution in [3.63, 3.8) is 0 Å². The van der Waals surface area contributed by atoms with Crippen molar-refractivity contribution in [3.8, 4) is 0 Å². The SMILES string of the molecule is CCOC(=O)c1ccc(SC(C)=O)[n+]([O-])c1. The Labute approximate surface area is 97.0 Å². The van der Waals surface area contributed by atoms with Crippen LogP contribution in [0.2, 0.25) is 0 Å². The van der Waals surface area contributed by atoms with Crippen molar-refractivity contribution in [1.29, 1.82) is 0 Å². The summed E-state index contributed by atoms with van der Waals surface area (Å²) in [5, 5.41) is 11.5. The van der Waals surface area contributed by atoms with Gasteiger partial charge in [-0.3, -0.25) is 4.79 Å². The van der Waals surface area contributed by atoms with E-state index in [1.54, 1.807) is 6.92 Å². The van der Waals surface area contributed by atoms with E-state index in [-0.39, 0.29) is 22.3 Å². The van der Waals surface area contributed by atoms with Crippen molar-refractivity contribution in [2.24, 2.45) is 0 Å². The minimum absolute atomic E-state index is 0.171. The molecule has 0 unspecified atom stereocenters. The maximum absolute atomic E-state index is 11.4. The Morgan fingerprint density at radius 1 is 1.50 bits per heavy atom. The van der Waals surface area contributed by atoms with E-state index in [2.05, 4.69) is 0 Å². The number of pyridine rings is 1. The summed E-state index contributed by atoms with van der Waals surface area (Å²) < 4.78 is 5.22. The van der Waals surface area contributed by atoms with Gasteiger partial charge in [0.05, 0.1) is 6.61 Å². The predicted octanol–water partition coefficient (Wildman–Crippen LogP) is 1.14. The summed E-state index contributed by atoms with van der Waals surface area (Å²) in [6.45, 7) is 3.30. The van der Waals surface area contributed by atoms with Crippen molar-refractivity contribution in [3.05, 3.63) is 29.1 Å². The molecule has 1 aromatic heterocycles. The van der Waals surface area contributed by atoms with Gasteiger partial charge in [0.2, 0.25) is 0 Å². The largest absolute Gasteiger partial charge is 0.618 e. The second-order valence-electron chi connectivity index (χ2n) is 2.90. The van der Waals surface area contributed by atoms with E-state index in [0.29, 0.717) is 4.73 Å². The molecule has 0 saturated carbocycles.